The molecule has 4 N–H and O–H groups in total. The molecule has 200 valence electrons. The Morgan fingerprint density at radius 2 is 1.89 bits per heavy atom. The lowest BCUT2D eigenvalue weighted by molar-refractivity contribution is -0.121. The molecule has 1 fully saturated rings. The predicted molar refractivity (Wildman–Crippen MR) is 150 cm³/mol. The molecular formula is C31H43N3O3. The summed E-state index contributed by atoms with van der Waals surface area (Å²) >= 11 is 0. The van der Waals surface area contributed by atoms with Gasteiger partial charge in [-0.1, -0.05) is 38.3 Å². The van der Waals surface area contributed by atoms with E-state index in [0.717, 1.165) is 74.6 Å². The predicted octanol–water partition coefficient (Wildman–Crippen LogP) is 6.02. The highest BCUT2D eigenvalue weighted by atomic mass is 16.3. The van der Waals surface area contributed by atoms with Crippen molar-refractivity contribution in [2.75, 3.05) is 26.2 Å². The van der Waals surface area contributed by atoms with Gasteiger partial charge >= 0.3 is 0 Å². The van der Waals surface area contributed by atoms with Crippen LogP contribution in [-0.2, 0) is 16.6 Å². The van der Waals surface area contributed by atoms with E-state index in [1.165, 1.54) is 24.8 Å². The molecule has 1 aromatic heterocycles. The number of phenolic OH excluding ortho intramolecular Hbond substituents is 2. The van der Waals surface area contributed by atoms with E-state index in [4.69, 9.17) is 0 Å². The number of amides is 1. The lowest BCUT2D eigenvalue weighted by Gasteiger charge is -2.36. The third-order valence-corrected chi connectivity index (χ3v) is 8.14. The average Bonchev–Trinajstić information content (AvgIpc) is 3.16. The fourth-order valence-electron chi connectivity index (χ4n) is 5.91. The van der Waals surface area contributed by atoms with Crippen molar-refractivity contribution in [3.63, 3.8) is 0 Å². The zero-order valence-corrected chi connectivity index (χ0v) is 22.3. The molecule has 0 spiro atoms. The number of H-pyrrole nitrogens is 1. The van der Waals surface area contributed by atoms with Crippen LogP contribution in [0.1, 0.15) is 75.8 Å². The normalized spacial score (nSPS) is 18.6. The average molecular weight is 506 g/mol. The van der Waals surface area contributed by atoms with E-state index < -0.39 is 0 Å². The number of rotatable bonds is 12. The maximum absolute atomic E-state index is 12.3. The molecule has 0 saturated carbocycles. The van der Waals surface area contributed by atoms with Gasteiger partial charge in [0, 0.05) is 42.0 Å². The number of aromatic nitrogens is 1. The van der Waals surface area contributed by atoms with E-state index in [0.29, 0.717) is 18.7 Å². The van der Waals surface area contributed by atoms with E-state index in [1.54, 1.807) is 18.2 Å². The second-order valence-corrected chi connectivity index (χ2v) is 10.7. The Bertz CT molecular complexity index is 1160. The first kappa shape index (κ1) is 27.1. The largest absolute Gasteiger partial charge is 0.508 e. The Labute approximate surface area is 221 Å². The summed E-state index contributed by atoms with van der Waals surface area (Å²) in [5.41, 5.74) is 3.51. The quantitative estimate of drug-likeness (QED) is 0.227. The number of nitrogens with zero attached hydrogens (tertiary/aromatic N) is 1. The number of hydrogen-bond donors (Lipinski definition) is 4. The van der Waals surface area contributed by atoms with E-state index in [9.17, 15) is 15.0 Å². The number of carbonyl (C=O) groups is 1. The summed E-state index contributed by atoms with van der Waals surface area (Å²) in [5.74, 6) is 0.742. The highest BCUT2D eigenvalue weighted by Gasteiger charge is 2.34. The van der Waals surface area contributed by atoms with Gasteiger partial charge in [0.05, 0.1) is 0 Å². The molecule has 6 nitrogen and oxygen atoms in total. The minimum atomic E-state index is 0.119. The minimum Gasteiger partial charge on any atom is -0.508 e. The van der Waals surface area contributed by atoms with Crippen molar-refractivity contribution in [2.45, 2.75) is 76.5 Å². The Morgan fingerprint density at radius 3 is 2.73 bits per heavy atom. The Balaban J connectivity index is 1.13. The van der Waals surface area contributed by atoms with Crippen LogP contribution < -0.4 is 5.32 Å². The number of benzene rings is 2. The van der Waals surface area contributed by atoms with Crippen LogP contribution in [0, 0.1) is 0 Å². The number of aromatic hydroxyl groups is 2. The number of fused-ring (bicyclic) bond motifs is 1. The van der Waals surface area contributed by atoms with Gasteiger partial charge in [-0.25, -0.2) is 0 Å². The summed E-state index contributed by atoms with van der Waals surface area (Å²) in [6.45, 7) is 6.20. The van der Waals surface area contributed by atoms with E-state index in [2.05, 4.69) is 28.2 Å². The van der Waals surface area contributed by atoms with Crippen LogP contribution in [-0.4, -0.2) is 52.2 Å². The summed E-state index contributed by atoms with van der Waals surface area (Å²) in [7, 11) is 0. The Morgan fingerprint density at radius 1 is 1.05 bits per heavy atom. The molecule has 3 aromatic rings. The summed E-state index contributed by atoms with van der Waals surface area (Å²) < 4.78 is 0. The van der Waals surface area contributed by atoms with Gasteiger partial charge in [0.1, 0.15) is 11.5 Å². The van der Waals surface area contributed by atoms with E-state index >= 15 is 0 Å². The first-order valence-electron chi connectivity index (χ1n) is 14.1. The molecule has 2 heterocycles. The molecule has 6 heteroatoms. The molecule has 0 unspecified atom stereocenters. The zero-order chi connectivity index (χ0) is 26.1. The minimum absolute atomic E-state index is 0.119. The van der Waals surface area contributed by atoms with Crippen molar-refractivity contribution in [3.05, 3.63) is 59.8 Å². The summed E-state index contributed by atoms with van der Waals surface area (Å²) in [5, 5.41) is 23.8. The summed E-state index contributed by atoms with van der Waals surface area (Å²) in [6, 6.07) is 13.2. The second kappa shape index (κ2) is 13.0. The molecular weight excluding hydrogens is 462 g/mol. The molecule has 2 aromatic carbocycles. The van der Waals surface area contributed by atoms with Gasteiger partial charge in [0.25, 0.3) is 0 Å². The van der Waals surface area contributed by atoms with Gasteiger partial charge in [-0.15, -0.1) is 0 Å². The van der Waals surface area contributed by atoms with Crippen LogP contribution in [0.15, 0.2) is 48.7 Å². The third kappa shape index (κ3) is 7.29. The number of likely N-dealkylation sites (tertiary alicyclic amines) is 1. The van der Waals surface area contributed by atoms with Gasteiger partial charge < -0.3 is 25.4 Å². The van der Waals surface area contributed by atoms with Crippen molar-refractivity contribution < 1.29 is 15.0 Å². The third-order valence-electron chi connectivity index (χ3n) is 8.14. The fourth-order valence-corrected chi connectivity index (χ4v) is 5.91. The Hall–Kier alpha value is -2.99. The molecule has 1 aliphatic heterocycles. The molecule has 0 bridgehead atoms. The molecule has 1 atom stereocenters. The van der Waals surface area contributed by atoms with Crippen LogP contribution >= 0.6 is 0 Å². The Kier molecular flexibility index (Phi) is 9.51. The lowest BCUT2D eigenvalue weighted by Crippen LogP contribution is -2.39. The van der Waals surface area contributed by atoms with Gasteiger partial charge in [-0.2, -0.15) is 0 Å². The van der Waals surface area contributed by atoms with Gasteiger partial charge in [0.15, 0.2) is 0 Å². The standard InChI is InChI=1S/C31H43N3O3/c1-2-31(25-10-9-11-26(35)20-25)16-6-8-19-34(23-31)18-7-4-3-5-12-30(37)32-17-15-24-22-33-29-14-13-27(36)21-28(24)29/h9-11,13-14,20-22,33,35-36H,2-8,12,15-19,23H2,1H3,(H,32,37)/t31-/m1/s1. The van der Waals surface area contributed by atoms with E-state index in [1.807, 2.05) is 24.4 Å². The molecule has 0 aliphatic carbocycles. The monoisotopic (exact) mass is 505 g/mol. The number of nitrogens with one attached hydrogen (secondary N) is 2. The SMILES string of the molecule is CC[C@@]1(c2cccc(O)c2)CCCCN(CCCCCCC(=O)NCCc2c[nH]c3ccc(O)cc23)C1. The highest BCUT2D eigenvalue weighted by Crippen LogP contribution is 2.38. The smallest absolute Gasteiger partial charge is 0.220 e. The first-order valence-corrected chi connectivity index (χ1v) is 14.1. The maximum Gasteiger partial charge on any atom is 0.220 e. The number of hydrogen-bond acceptors (Lipinski definition) is 4. The number of unbranched alkanes of at least 4 members (excludes halogenated alkanes) is 3. The van der Waals surface area contributed by atoms with Crippen molar-refractivity contribution in [1.29, 1.82) is 0 Å². The molecule has 0 radical (unpaired) electrons. The molecule has 1 amide bonds. The molecule has 37 heavy (non-hydrogen) atoms. The number of carbonyl (C=O) groups excluding carboxylic acids is 1. The van der Waals surface area contributed by atoms with Crippen LogP contribution in [0.3, 0.4) is 0 Å². The van der Waals surface area contributed by atoms with Crippen LogP contribution in [0.5, 0.6) is 11.5 Å². The van der Waals surface area contributed by atoms with E-state index in [-0.39, 0.29) is 17.1 Å². The molecule has 1 aliphatic rings. The van der Waals surface area contributed by atoms with Crippen LogP contribution in [0.4, 0.5) is 0 Å². The molecule has 1 saturated heterocycles. The van der Waals surface area contributed by atoms with Gasteiger partial charge in [0.2, 0.25) is 5.91 Å². The second-order valence-electron chi connectivity index (χ2n) is 10.7. The molecule has 4 rings (SSSR count). The first-order chi connectivity index (χ1) is 18.0. The van der Waals surface area contributed by atoms with Crippen molar-refractivity contribution in [3.8, 4) is 11.5 Å². The van der Waals surface area contributed by atoms with Gasteiger partial charge in [-0.3, -0.25) is 4.79 Å². The van der Waals surface area contributed by atoms with Crippen molar-refractivity contribution >= 4 is 16.8 Å². The maximum atomic E-state index is 12.3. The zero-order valence-electron chi connectivity index (χ0n) is 22.3. The van der Waals surface area contributed by atoms with Crippen molar-refractivity contribution in [1.82, 2.24) is 15.2 Å². The number of aromatic amines is 1. The fraction of sp³-hybridized carbons (Fsp3) is 0.516. The summed E-state index contributed by atoms with van der Waals surface area (Å²) in [4.78, 5) is 18.1. The van der Waals surface area contributed by atoms with Crippen LogP contribution in [0.25, 0.3) is 10.9 Å². The summed E-state index contributed by atoms with van der Waals surface area (Å²) in [6.07, 6.45) is 12.3. The topological polar surface area (TPSA) is 88.6 Å². The van der Waals surface area contributed by atoms with Crippen LogP contribution in [0.2, 0.25) is 0 Å². The van der Waals surface area contributed by atoms with Gasteiger partial charge in [-0.05, 0) is 93.1 Å². The lowest BCUT2D eigenvalue weighted by atomic mass is 9.74. The number of phenols is 2. The van der Waals surface area contributed by atoms with Crippen molar-refractivity contribution in [2.24, 2.45) is 0 Å². The highest BCUT2D eigenvalue weighted by molar-refractivity contribution is 5.84.